The van der Waals surface area contributed by atoms with Gasteiger partial charge in [0.1, 0.15) is 11.4 Å². The Hall–Kier alpha value is -1.76. The number of anilines is 1. The van der Waals surface area contributed by atoms with E-state index in [9.17, 15) is 8.78 Å². The van der Waals surface area contributed by atoms with Gasteiger partial charge in [-0.05, 0) is 13.0 Å². The van der Waals surface area contributed by atoms with Gasteiger partial charge in [0.05, 0.1) is 11.7 Å². The first kappa shape index (κ1) is 12.3. The van der Waals surface area contributed by atoms with Gasteiger partial charge in [0.2, 0.25) is 0 Å². The average Bonchev–Trinajstić information content (AvgIpc) is 2.81. The number of halogens is 3. The van der Waals surface area contributed by atoms with Gasteiger partial charge in [0.15, 0.2) is 5.15 Å². The molecule has 0 saturated heterocycles. The van der Waals surface area contributed by atoms with Crippen LogP contribution in [0.4, 0.5) is 14.5 Å². The Morgan fingerprint density at radius 3 is 2.79 bits per heavy atom. The molecule has 3 heterocycles. The van der Waals surface area contributed by atoms with E-state index < -0.39 is 6.55 Å². The van der Waals surface area contributed by atoms with E-state index in [1.807, 2.05) is 18.9 Å². The number of alkyl halides is 2. The van der Waals surface area contributed by atoms with Crippen molar-refractivity contribution in [2.75, 3.05) is 11.9 Å². The molecule has 100 valence electrons. The van der Waals surface area contributed by atoms with Gasteiger partial charge in [-0.15, -0.1) is 9.90 Å². The van der Waals surface area contributed by atoms with Gasteiger partial charge in [-0.2, -0.15) is 13.9 Å². The topological polar surface area (TPSA) is 46.8 Å². The van der Waals surface area contributed by atoms with Gasteiger partial charge >= 0.3 is 6.55 Å². The minimum Gasteiger partial charge on any atom is -0.363 e. The third kappa shape index (κ3) is 1.68. The van der Waals surface area contributed by atoms with E-state index in [2.05, 4.69) is 15.2 Å². The molecule has 3 rings (SSSR count). The number of aromatic nitrogens is 4. The van der Waals surface area contributed by atoms with Crippen LogP contribution in [0.3, 0.4) is 0 Å². The fourth-order valence-corrected chi connectivity index (χ4v) is 2.52. The van der Waals surface area contributed by atoms with Crippen molar-refractivity contribution in [3.8, 4) is 11.3 Å². The second-order valence-electron chi connectivity index (χ2n) is 4.32. The van der Waals surface area contributed by atoms with E-state index in [4.69, 9.17) is 11.6 Å². The Kier molecular flexibility index (Phi) is 2.67. The molecule has 0 fully saturated rings. The lowest BCUT2D eigenvalue weighted by molar-refractivity contribution is 0.0411. The highest BCUT2D eigenvalue weighted by molar-refractivity contribution is 6.32. The molecule has 1 aliphatic rings. The van der Waals surface area contributed by atoms with E-state index >= 15 is 0 Å². The standard InChI is InChI=1S/C11H10ClF2N5/c1-5-7-8(17-19(16-7)11(13)14)6-3-4-15-10(12)9(6)18(5)2/h3-5,11H,1-2H3. The van der Waals surface area contributed by atoms with Crippen LogP contribution in [0.1, 0.15) is 25.2 Å². The number of hydrogen-bond acceptors (Lipinski definition) is 4. The van der Waals surface area contributed by atoms with E-state index in [1.54, 1.807) is 6.07 Å². The van der Waals surface area contributed by atoms with Crippen LogP contribution < -0.4 is 4.90 Å². The monoisotopic (exact) mass is 285 g/mol. The van der Waals surface area contributed by atoms with Gasteiger partial charge < -0.3 is 4.90 Å². The minimum atomic E-state index is -2.76. The molecule has 19 heavy (non-hydrogen) atoms. The molecule has 0 bridgehead atoms. The fraction of sp³-hybridized carbons (Fsp3) is 0.364. The molecular weight excluding hydrogens is 276 g/mol. The minimum absolute atomic E-state index is 0.198. The maximum atomic E-state index is 12.7. The fourth-order valence-electron chi connectivity index (χ4n) is 2.23. The van der Waals surface area contributed by atoms with Crippen LogP contribution in [0.15, 0.2) is 12.3 Å². The van der Waals surface area contributed by atoms with Crippen LogP contribution in [-0.4, -0.2) is 27.0 Å². The number of pyridine rings is 1. The predicted octanol–water partition coefficient (Wildman–Crippen LogP) is 2.90. The van der Waals surface area contributed by atoms with Crippen LogP contribution in [-0.2, 0) is 0 Å². The van der Waals surface area contributed by atoms with Gasteiger partial charge in [-0.25, -0.2) is 4.98 Å². The number of fused-ring (bicyclic) bond motifs is 3. The molecule has 2 aromatic heterocycles. The van der Waals surface area contributed by atoms with Gasteiger partial charge in [0.25, 0.3) is 0 Å². The molecule has 8 heteroatoms. The summed E-state index contributed by atoms with van der Waals surface area (Å²) < 4.78 is 25.4. The molecule has 0 saturated carbocycles. The third-order valence-corrected chi connectivity index (χ3v) is 3.57. The highest BCUT2D eigenvalue weighted by atomic mass is 35.5. The lowest BCUT2D eigenvalue weighted by Gasteiger charge is -2.32. The molecule has 0 aromatic carbocycles. The average molecular weight is 286 g/mol. The second kappa shape index (κ2) is 4.12. The number of nitrogens with zero attached hydrogens (tertiary/aromatic N) is 5. The van der Waals surface area contributed by atoms with Crippen molar-refractivity contribution in [2.24, 2.45) is 0 Å². The summed E-state index contributed by atoms with van der Waals surface area (Å²) in [6.45, 7) is -0.904. The Morgan fingerprint density at radius 1 is 1.37 bits per heavy atom. The van der Waals surface area contributed by atoms with Crippen molar-refractivity contribution in [2.45, 2.75) is 19.5 Å². The first-order valence-electron chi connectivity index (χ1n) is 5.63. The first-order valence-corrected chi connectivity index (χ1v) is 6.01. The number of hydrogen-bond donors (Lipinski definition) is 0. The van der Waals surface area contributed by atoms with Crippen molar-refractivity contribution in [3.63, 3.8) is 0 Å². The van der Waals surface area contributed by atoms with E-state index in [0.29, 0.717) is 32.6 Å². The second-order valence-corrected chi connectivity index (χ2v) is 4.67. The Labute approximate surface area is 112 Å². The van der Waals surface area contributed by atoms with E-state index in [-0.39, 0.29) is 6.04 Å². The molecule has 1 atom stereocenters. The van der Waals surface area contributed by atoms with Crippen molar-refractivity contribution in [3.05, 3.63) is 23.1 Å². The summed E-state index contributed by atoms with van der Waals surface area (Å²) in [7, 11) is 1.82. The summed E-state index contributed by atoms with van der Waals surface area (Å²) in [5, 5.41) is 8.04. The molecule has 0 amide bonds. The normalized spacial score (nSPS) is 17.6. The summed E-state index contributed by atoms with van der Waals surface area (Å²) in [5.74, 6) is 0. The van der Waals surface area contributed by atoms with Gasteiger partial charge in [-0.3, -0.25) is 0 Å². The maximum absolute atomic E-state index is 12.7. The summed E-state index contributed by atoms with van der Waals surface area (Å²) in [5.41, 5.74) is 2.30. The summed E-state index contributed by atoms with van der Waals surface area (Å²) in [6, 6.07) is 1.50. The molecular formula is C11H10ClF2N5. The SMILES string of the molecule is CC1c2nn(C(F)F)nc2-c2ccnc(Cl)c2N1C. The molecule has 0 spiro atoms. The van der Waals surface area contributed by atoms with Crippen molar-refractivity contribution in [1.82, 2.24) is 20.0 Å². The largest absolute Gasteiger partial charge is 0.363 e. The van der Waals surface area contributed by atoms with Crippen molar-refractivity contribution < 1.29 is 8.78 Å². The first-order chi connectivity index (χ1) is 9.00. The van der Waals surface area contributed by atoms with Crippen LogP contribution in [0.25, 0.3) is 11.3 Å². The molecule has 2 aromatic rings. The Morgan fingerprint density at radius 2 is 2.11 bits per heavy atom. The highest BCUT2D eigenvalue weighted by Crippen LogP contribution is 2.44. The Bertz CT molecular complexity index is 642. The summed E-state index contributed by atoms with van der Waals surface area (Å²) in [6.07, 6.45) is 1.52. The molecule has 1 aliphatic heterocycles. The quantitative estimate of drug-likeness (QED) is 0.756. The van der Waals surface area contributed by atoms with Crippen LogP contribution in [0.5, 0.6) is 0 Å². The van der Waals surface area contributed by atoms with Gasteiger partial charge in [0, 0.05) is 18.8 Å². The zero-order chi connectivity index (χ0) is 13.7. The van der Waals surface area contributed by atoms with Crippen LogP contribution in [0.2, 0.25) is 5.15 Å². The van der Waals surface area contributed by atoms with Crippen LogP contribution in [0, 0.1) is 0 Å². The van der Waals surface area contributed by atoms with E-state index in [0.717, 1.165) is 0 Å². The number of rotatable bonds is 1. The molecule has 0 N–H and O–H groups in total. The third-order valence-electron chi connectivity index (χ3n) is 3.29. The van der Waals surface area contributed by atoms with Crippen LogP contribution >= 0.6 is 11.6 Å². The maximum Gasteiger partial charge on any atom is 0.348 e. The van der Waals surface area contributed by atoms with Crippen molar-refractivity contribution in [1.29, 1.82) is 0 Å². The summed E-state index contributed by atoms with van der Waals surface area (Å²) in [4.78, 5) is 6.30. The zero-order valence-electron chi connectivity index (χ0n) is 10.2. The lowest BCUT2D eigenvalue weighted by Crippen LogP contribution is -2.27. The smallest absolute Gasteiger partial charge is 0.348 e. The van der Waals surface area contributed by atoms with Gasteiger partial charge in [-0.1, -0.05) is 11.6 Å². The Balaban J connectivity index is 2.28. The molecule has 1 unspecified atom stereocenters. The molecule has 5 nitrogen and oxygen atoms in total. The van der Waals surface area contributed by atoms with E-state index in [1.165, 1.54) is 6.20 Å². The zero-order valence-corrected chi connectivity index (χ0v) is 10.9. The van der Waals surface area contributed by atoms with Crippen molar-refractivity contribution >= 4 is 17.3 Å². The molecule has 0 radical (unpaired) electrons. The summed E-state index contributed by atoms with van der Waals surface area (Å²) >= 11 is 6.08. The lowest BCUT2D eigenvalue weighted by atomic mass is 9.99. The molecule has 0 aliphatic carbocycles. The predicted molar refractivity (Wildman–Crippen MR) is 66.3 cm³/mol. The highest BCUT2D eigenvalue weighted by Gasteiger charge is 2.33.